The van der Waals surface area contributed by atoms with E-state index in [2.05, 4.69) is 14.9 Å². The van der Waals surface area contributed by atoms with Crippen molar-refractivity contribution in [2.45, 2.75) is 37.2 Å². The van der Waals surface area contributed by atoms with Crippen LogP contribution in [-0.2, 0) is 37.3 Å². The van der Waals surface area contributed by atoms with Crippen LogP contribution in [0.3, 0.4) is 0 Å². The van der Waals surface area contributed by atoms with E-state index in [9.17, 15) is 18.0 Å². The molecule has 2 amide bonds. The number of morpholine rings is 1. The molecule has 230 valence electrons. The van der Waals surface area contributed by atoms with E-state index in [4.69, 9.17) is 16.3 Å². The molecule has 0 aromatic heterocycles. The largest absolute Gasteiger partial charge is 0.379 e. The average molecular weight is 627 g/mol. The van der Waals surface area contributed by atoms with E-state index in [0.29, 0.717) is 49.9 Å². The Bertz CT molecular complexity index is 1430. The summed E-state index contributed by atoms with van der Waals surface area (Å²) in [7, 11) is -3.56. The first-order chi connectivity index (χ1) is 20.8. The molecule has 2 N–H and O–H groups in total. The van der Waals surface area contributed by atoms with E-state index >= 15 is 0 Å². The number of nitrogens with zero attached hydrogens (tertiary/aromatic N) is 2. The summed E-state index contributed by atoms with van der Waals surface area (Å²) in [5, 5.41) is 3.65. The number of halogens is 1. The number of amides is 2. The number of aryl methyl sites for hydroxylation is 1. The Balaban J connectivity index is 1.54. The lowest BCUT2D eigenvalue weighted by molar-refractivity contribution is -0.141. The number of sulfonamides is 1. The number of carbonyl (C=O) groups excluding carboxylic acids is 2. The van der Waals surface area contributed by atoms with Gasteiger partial charge >= 0.3 is 0 Å². The smallest absolute Gasteiger partial charge is 0.247 e. The van der Waals surface area contributed by atoms with Crippen LogP contribution in [0.25, 0.3) is 0 Å². The molecule has 0 bridgehead atoms. The van der Waals surface area contributed by atoms with Gasteiger partial charge in [-0.3, -0.25) is 14.5 Å². The van der Waals surface area contributed by atoms with Crippen LogP contribution in [0.15, 0.2) is 83.8 Å². The molecular formula is C32H39ClN4O5S. The van der Waals surface area contributed by atoms with Gasteiger partial charge in [0, 0.05) is 50.7 Å². The molecule has 1 heterocycles. The molecular weight excluding hydrogens is 588 g/mol. The monoisotopic (exact) mass is 626 g/mol. The van der Waals surface area contributed by atoms with Crippen LogP contribution in [0.5, 0.6) is 0 Å². The Hall–Kier alpha value is -3.28. The first-order valence-electron chi connectivity index (χ1n) is 14.5. The van der Waals surface area contributed by atoms with Crippen LogP contribution in [0, 0.1) is 0 Å². The fourth-order valence-electron chi connectivity index (χ4n) is 4.98. The Labute approximate surface area is 259 Å². The minimum Gasteiger partial charge on any atom is -0.379 e. The summed E-state index contributed by atoms with van der Waals surface area (Å²) in [5.74, 6) is -0.448. The molecule has 4 rings (SSSR count). The third-order valence-electron chi connectivity index (χ3n) is 7.29. The molecule has 0 aliphatic carbocycles. The highest BCUT2D eigenvalue weighted by Gasteiger charge is 2.31. The molecule has 0 unspecified atom stereocenters. The predicted octanol–water partition coefficient (Wildman–Crippen LogP) is 3.79. The lowest BCUT2D eigenvalue weighted by atomic mass is 10.0. The Morgan fingerprint density at radius 1 is 0.953 bits per heavy atom. The van der Waals surface area contributed by atoms with Crippen LogP contribution >= 0.6 is 11.6 Å². The maximum Gasteiger partial charge on any atom is 0.247 e. The van der Waals surface area contributed by atoms with Crippen molar-refractivity contribution in [3.05, 3.63) is 101 Å². The molecule has 11 heteroatoms. The van der Waals surface area contributed by atoms with Crippen LogP contribution in [0.4, 0.5) is 0 Å². The molecule has 1 aliphatic heterocycles. The van der Waals surface area contributed by atoms with E-state index in [-0.39, 0.29) is 29.7 Å². The van der Waals surface area contributed by atoms with Gasteiger partial charge in [0.15, 0.2) is 0 Å². The third kappa shape index (κ3) is 9.61. The second-order valence-corrected chi connectivity index (χ2v) is 12.6. The van der Waals surface area contributed by atoms with Gasteiger partial charge in [0.2, 0.25) is 21.8 Å². The minimum atomic E-state index is -3.56. The summed E-state index contributed by atoms with van der Waals surface area (Å²) in [6, 6.07) is 22.2. The number of hydrogen-bond donors (Lipinski definition) is 2. The van der Waals surface area contributed by atoms with Crippen molar-refractivity contribution < 1.29 is 22.7 Å². The van der Waals surface area contributed by atoms with Crippen LogP contribution in [0.1, 0.15) is 36.1 Å². The van der Waals surface area contributed by atoms with Gasteiger partial charge in [-0.15, -0.1) is 0 Å². The summed E-state index contributed by atoms with van der Waals surface area (Å²) < 4.78 is 32.5. The molecule has 0 saturated carbocycles. The Kier molecular flexibility index (Phi) is 12.1. The van der Waals surface area contributed by atoms with Crippen molar-refractivity contribution in [2.24, 2.45) is 0 Å². The molecule has 3 aromatic rings. The second-order valence-electron chi connectivity index (χ2n) is 10.4. The zero-order chi connectivity index (χ0) is 30.7. The van der Waals surface area contributed by atoms with Gasteiger partial charge in [0.25, 0.3) is 0 Å². The van der Waals surface area contributed by atoms with Crippen molar-refractivity contribution in [3.8, 4) is 0 Å². The zero-order valence-corrected chi connectivity index (χ0v) is 25.9. The van der Waals surface area contributed by atoms with Crippen molar-refractivity contribution in [3.63, 3.8) is 0 Å². The third-order valence-corrected chi connectivity index (χ3v) is 9.10. The van der Waals surface area contributed by atoms with E-state index < -0.39 is 16.1 Å². The topological polar surface area (TPSA) is 108 Å². The summed E-state index contributed by atoms with van der Waals surface area (Å²) in [4.78, 5) is 31.8. The SMILES string of the molecule is CCNS(=O)(=O)c1ccc(CCC(=O)N(Cc2ccc(Cl)cc2)[C@H](C(=O)NCCN2CCOCC2)c2ccccc2)cc1. The Morgan fingerprint density at radius 3 is 2.26 bits per heavy atom. The van der Waals surface area contributed by atoms with Gasteiger partial charge in [-0.1, -0.05) is 73.1 Å². The van der Waals surface area contributed by atoms with Crippen LogP contribution in [0.2, 0.25) is 5.02 Å². The number of rotatable bonds is 14. The van der Waals surface area contributed by atoms with Gasteiger partial charge in [0.1, 0.15) is 6.04 Å². The van der Waals surface area contributed by atoms with Crippen LogP contribution in [-0.4, -0.2) is 76.0 Å². The maximum atomic E-state index is 13.9. The van der Waals surface area contributed by atoms with Gasteiger partial charge in [0.05, 0.1) is 18.1 Å². The number of ether oxygens (including phenoxy) is 1. The lowest BCUT2D eigenvalue weighted by Gasteiger charge is -2.32. The lowest BCUT2D eigenvalue weighted by Crippen LogP contribution is -2.46. The molecule has 0 spiro atoms. The molecule has 3 aromatic carbocycles. The summed E-state index contributed by atoms with van der Waals surface area (Å²) >= 11 is 6.12. The highest BCUT2D eigenvalue weighted by atomic mass is 35.5. The van der Waals surface area contributed by atoms with Gasteiger partial charge in [-0.25, -0.2) is 13.1 Å². The van der Waals surface area contributed by atoms with Crippen LogP contribution < -0.4 is 10.0 Å². The first-order valence-corrected chi connectivity index (χ1v) is 16.4. The van der Waals surface area contributed by atoms with Crippen molar-refractivity contribution in [1.29, 1.82) is 0 Å². The molecule has 9 nitrogen and oxygen atoms in total. The number of hydrogen-bond acceptors (Lipinski definition) is 6. The molecule has 1 aliphatic rings. The fourth-order valence-corrected chi connectivity index (χ4v) is 6.15. The van der Waals surface area contributed by atoms with Gasteiger partial charge < -0.3 is 15.0 Å². The predicted molar refractivity (Wildman–Crippen MR) is 167 cm³/mol. The second kappa shape index (κ2) is 16.0. The van der Waals surface area contributed by atoms with Crippen molar-refractivity contribution in [1.82, 2.24) is 19.8 Å². The summed E-state index contributed by atoms with van der Waals surface area (Å²) in [5.41, 5.74) is 2.38. The van der Waals surface area contributed by atoms with Crippen molar-refractivity contribution >= 4 is 33.4 Å². The summed E-state index contributed by atoms with van der Waals surface area (Å²) in [6.45, 7) is 6.38. The number of carbonyl (C=O) groups is 2. The zero-order valence-electron chi connectivity index (χ0n) is 24.4. The van der Waals surface area contributed by atoms with Crippen molar-refractivity contribution in [2.75, 3.05) is 45.9 Å². The highest BCUT2D eigenvalue weighted by molar-refractivity contribution is 7.89. The Morgan fingerprint density at radius 2 is 1.60 bits per heavy atom. The molecule has 1 fully saturated rings. The van der Waals surface area contributed by atoms with E-state index in [1.807, 2.05) is 42.5 Å². The molecule has 1 atom stereocenters. The standard InChI is InChI=1S/C32H39ClN4O5S/c1-2-35-43(40,41)29-15-10-25(11-16-29)12-17-30(38)37(24-26-8-13-28(33)14-9-26)31(27-6-4-3-5-7-27)32(39)34-18-19-36-20-22-42-23-21-36/h3-11,13-16,31,35H,2,12,17-24H2,1H3,(H,34,39)/t31-/m0/s1. The van der Waals surface area contributed by atoms with Gasteiger partial charge in [-0.05, 0) is 47.4 Å². The van der Waals surface area contributed by atoms with E-state index in [1.54, 1.807) is 36.1 Å². The molecule has 0 radical (unpaired) electrons. The van der Waals surface area contributed by atoms with Gasteiger partial charge in [-0.2, -0.15) is 0 Å². The van der Waals surface area contributed by atoms with E-state index in [0.717, 1.165) is 24.2 Å². The molecule has 1 saturated heterocycles. The quantitative estimate of drug-likeness (QED) is 0.282. The number of benzene rings is 3. The first kappa shape index (κ1) is 32.6. The minimum absolute atomic E-state index is 0.136. The highest BCUT2D eigenvalue weighted by Crippen LogP contribution is 2.26. The fraction of sp³-hybridized carbons (Fsp3) is 0.375. The van der Waals surface area contributed by atoms with E-state index in [1.165, 1.54) is 12.1 Å². The number of nitrogens with one attached hydrogen (secondary N) is 2. The average Bonchev–Trinajstić information content (AvgIpc) is 3.02. The maximum absolute atomic E-state index is 13.9. The summed E-state index contributed by atoms with van der Waals surface area (Å²) in [6.07, 6.45) is 0.523. The normalized spacial score (nSPS) is 14.7. The molecule has 43 heavy (non-hydrogen) atoms.